The molecule has 11 heavy (non-hydrogen) atoms. The molecule has 0 atom stereocenters. The van der Waals surface area contributed by atoms with Crippen molar-refractivity contribution in [2.75, 3.05) is 12.4 Å². The van der Waals surface area contributed by atoms with Gasteiger partial charge < -0.3 is 4.74 Å². The lowest BCUT2D eigenvalue weighted by Crippen LogP contribution is -2.34. The first-order chi connectivity index (χ1) is 4.98. The third-order valence-corrected chi connectivity index (χ3v) is 2.05. The van der Waals surface area contributed by atoms with Crippen molar-refractivity contribution in [1.29, 1.82) is 0 Å². The minimum Gasteiger partial charge on any atom is -0.378 e. The van der Waals surface area contributed by atoms with Gasteiger partial charge in [0.2, 0.25) is 10.0 Å². The topological polar surface area (TPSA) is 81.4 Å². The summed E-state index contributed by atoms with van der Waals surface area (Å²) in [5.41, 5.74) is 0. The Morgan fingerprint density at radius 2 is 2.09 bits per heavy atom. The molecule has 3 N–H and O–H groups in total. The predicted octanol–water partition coefficient (Wildman–Crippen LogP) is -0.795. The zero-order valence-corrected chi connectivity index (χ0v) is 7.52. The molecule has 6 heteroatoms. The summed E-state index contributed by atoms with van der Waals surface area (Å²) in [5, 5.41) is 0. The van der Waals surface area contributed by atoms with Crippen LogP contribution < -0.4 is 10.7 Å². The molecule has 0 heterocycles. The highest BCUT2D eigenvalue weighted by Crippen LogP contribution is 1.88. The van der Waals surface area contributed by atoms with Crippen molar-refractivity contribution in [1.82, 2.24) is 4.83 Å². The van der Waals surface area contributed by atoms with Crippen LogP contribution in [0.15, 0.2) is 0 Å². The molecule has 0 saturated heterocycles. The molecule has 0 amide bonds. The van der Waals surface area contributed by atoms with Crippen LogP contribution in [0.2, 0.25) is 0 Å². The number of nitrogens with two attached hydrogens (primary N) is 1. The predicted molar refractivity (Wildman–Crippen MR) is 42.2 cm³/mol. The zero-order chi connectivity index (χ0) is 8.91. The molecule has 0 saturated carbocycles. The molecular weight excluding hydrogens is 168 g/mol. The summed E-state index contributed by atoms with van der Waals surface area (Å²) in [6, 6.07) is 0. The Labute approximate surface area is 66.9 Å². The fourth-order valence-corrected chi connectivity index (χ4v) is 0.886. The van der Waals surface area contributed by atoms with Crippen LogP contribution in [0.5, 0.6) is 0 Å². The quantitative estimate of drug-likeness (QED) is 0.431. The summed E-state index contributed by atoms with van der Waals surface area (Å²) < 4.78 is 26.3. The van der Waals surface area contributed by atoms with Crippen molar-refractivity contribution < 1.29 is 13.2 Å². The number of hydrazine groups is 1. The van der Waals surface area contributed by atoms with Crippen molar-refractivity contribution in [3.63, 3.8) is 0 Å². The highest BCUT2D eigenvalue weighted by Gasteiger charge is 2.06. The number of ether oxygens (including phenoxy) is 1. The Balaban J connectivity index is 3.55. The smallest absolute Gasteiger partial charge is 0.226 e. The molecule has 0 aromatic carbocycles. The third kappa shape index (κ3) is 6.24. The van der Waals surface area contributed by atoms with E-state index in [1.54, 1.807) is 4.83 Å². The van der Waals surface area contributed by atoms with Crippen LogP contribution >= 0.6 is 0 Å². The van der Waals surface area contributed by atoms with Crippen molar-refractivity contribution >= 4 is 10.0 Å². The van der Waals surface area contributed by atoms with Crippen LogP contribution in [0.4, 0.5) is 0 Å². The van der Waals surface area contributed by atoms with Gasteiger partial charge in [0.15, 0.2) is 0 Å². The summed E-state index contributed by atoms with van der Waals surface area (Å²) in [7, 11) is -3.31. The maximum absolute atomic E-state index is 10.7. The van der Waals surface area contributed by atoms with E-state index in [4.69, 9.17) is 10.6 Å². The minimum atomic E-state index is -3.31. The van der Waals surface area contributed by atoms with Crippen molar-refractivity contribution in [3.8, 4) is 0 Å². The fourth-order valence-electron chi connectivity index (χ4n) is 0.452. The van der Waals surface area contributed by atoms with Crippen molar-refractivity contribution in [3.05, 3.63) is 0 Å². The first kappa shape index (κ1) is 10.8. The van der Waals surface area contributed by atoms with Crippen molar-refractivity contribution in [2.45, 2.75) is 20.0 Å². The lowest BCUT2D eigenvalue weighted by Gasteiger charge is -2.06. The number of nitrogens with one attached hydrogen (secondary N) is 1. The van der Waals surface area contributed by atoms with E-state index in [-0.39, 0.29) is 18.5 Å². The van der Waals surface area contributed by atoms with E-state index in [0.29, 0.717) is 0 Å². The third-order valence-electron chi connectivity index (χ3n) is 0.983. The first-order valence-electron chi connectivity index (χ1n) is 3.29. The van der Waals surface area contributed by atoms with Gasteiger partial charge in [-0.2, -0.15) is 4.83 Å². The SMILES string of the molecule is CC(C)OCCS(=O)(=O)NN. The van der Waals surface area contributed by atoms with Gasteiger partial charge in [0.25, 0.3) is 0 Å². The molecule has 0 spiro atoms. The summed E-state index contributed by atoms with van der Waals surface area (Å²) >= 11 is 0. The van der Waals surface area contributed by atoms with E-state index in [1.807, 2.05) is 13.8 Å². The normalized spacial score (nSPS) is 12.4. The highest BCUT2D eigenvalue weighted by molar-refractivity contribution is 7.89. The maximum Gasteiger partial charge on any atom is 0.226 e. The van der Waals surface area contributed by atoms with E-state index in [2.05, 4.69) is 0 Å². The monoisotopic (exact) mass is 182 g/mol. The Hall–Kier alpha value is -0.170. The molecule has 0 aliphatic carbocycles. The summed E-state index contributed by atoms with van der Waals surface area (Å²) in [6.45, 7) is 3.84. The second kappa shape index (κ2) is 4.66. The molecule has 68 valence electrons. The van der Waals surface area contributed by atoms with Gasteiger partial charge in [0.05, 0.1) is 18.5 Å². The van der Waals surface area contributed by atoms with Gasteiger partial charge in [-0.1, -0.05) is 0 Å². The van der Waals surface area contributed by atoms with Gasteiger partial charge in [-0.3, -0.25) is 5.84 Å². The van der Waals surface area contributed by atoms with Gasteiger partial charge in [-0.15, -0.1) is 0 Å². The Bertz CT molecular complexity index is 188. The molecule has 0 aliphatic rings. The summed E-state index contributed by atoms with van der Waals surface area (Å²) in [5.74, 6) is 4.63. The first-order valence-corrected chi connectivity index (χ1v) is 4.95. The average Bonchev–Trinajstić information content (AvgIpc) is 1.87. The van der Waals surface area contributed by atoms with Crippen LogP contribution in [-0.4, -0.2) is 26.9 Å². The van der Waals surface area contributed by atoms with Crippen LogP contribution in [0.1, 0.15) is 13.8 Å². The summed E-state index contributed by atoms with van der Waals surface area (Å²) in [4.78, 5) is 1.71. The molecule has 0 fully saturated rings. The van der Waals surface area contributed by atoms with Gasteiger partial charge in [-0.05, 0) is 13.8 Å². The second-order valence-corrected chi connectivity index (χ2v) is 4.23. The Morgan fingerprint density at radius 1 is 1.55 bits per heavy atom. The van der Waals surface area contributed by atoms with Gasteiger partial charge in [-0.25, -0.2) is 8.42 Å². The van der Waals surface area contributed by atoms with E-state index < -0.39 is 10.0 Å². The average molecular weight is 182 g/mol. The van der Waals surface area contributed by atoms with Crippen molar-refractivity contribution in [2.24, 2.45) is 5.84 Å². The van der Waals surface area contributed by atoms with Gasteiger partial charge >= 0.3 is 0 Å². The molecule has 5 nitrogen and oxygen atoms in total. The molecule has 0 aromatic rings. The van der Waals surface area contributed by atoms with E-state index in [9.17, 15) is 8.42 Å². The van der Waals surface area contributed by atoms with Crippen LogP contribution in [0, 0.1) is 0 Å². The largest absolute Gasteiger partial charge is 0.378 e. The molecular formula is C5H14N2O3S. The van der Waals surface area contributed by atoms with Gasteiger partial charge in [0.1, 0.15) is 0 Å². The lowest BCUT2D eigenvalue weighted by molar-refractivity contribution is 0.0911. The number of sulfonamides is 1. The summed E-state index contributed by atoms with van der Waals surface area (Å²) in [6.07, 6.45) is 0.0444. The molecule has 0 radical (unpaired) electrons. The van der Waals surface area contributed by atoms with Crippen LogP contribution in [0.25, 0.3) is 0 Å². The molecule has 0 unspecified atom stereocenters. The Kier molecular flexibility index (Phi) is 4.58. The van der Waals surface area contributed by atoms with E-state index in [1.165, 1.54) is 0 Å². The second-order valence-electron chi connectivity index (χ2n) is 2.36. The standard InChI is InChI=1S/C5H14N2O3S/c1-5(2)10-3-4-11(8,9)7-6/h5,7H,3-4,6H2,1-2H3. The number of rotatable bonds is 5. The van der Waals surface area contributed by atoms with E-state index >= 15 is 0 Å². The van der Waals surface area contributed by atoms with Crippen LogP contribution in [-0.2, 0) is 14.8 Å². The minimum absolute atomic E-state index is 0.0444. The van der Waals surface area contributed by atoms with E-state index in [0.717, 1.165) is 0 Å². The maximum atomic E-state index is 10.7. The molecule has 0 aliphatic heterocycles. The molecule has 0 aromatic heterocycles. The molecule has 0 rings (SSSR count). The number of hydrogen-bond acceptors (Lipinski definition) is 4. The zero-order valence-electron chi connectivity index (χ0n) is 6.70. The Morgan fingerprint density at radius 3 is 2.45 bits per heavy atom. The molecule has 0 bridgehead atoms. The lowest BCUT2D eigenvalue weighted by atomic mass is 10.5. The number of hydrogen-bond donors (Lipinski definition) is 2. The van der Waals surface area contributed by atoms with Gasteiger partial charge in [0, 0.05) is 0 Å². The fraction of sp³-hybridized carbons (Fsp3) is 1.00. The van der Waals surface area contributed by atoms with Crippen LogP contribution in [0.3, 0.4) is 0 Å². The highest BCUT2D eigenvalue weighted by atomic mass is 32.2.